The zero-order valence-electron chi connectivity index (χ0n) is 26.5. The molecule has 0 saturated heterocycles. The summed E-state index contributed by atoms with van der Waals surface area (Å²) in [5, 5.41) is 0. The summed E-state index contributed by atoms with van der Waals surface area (Å²) in [6.45, 7) is 17.8. The molecule has 0 amide bonds. The number of hydrogen-bond acceptors (Lipinski definition) is 4. The summed E-state index contributed by atoms with van der Waals surface area (Å²) in [6.07, 6.45) is 11.2. The molecular weight excluding hydrogens is 496 g/mol. The Morgan fingerprint density at radius 3 is 2.12 bits per heavy atom. The molecule has 1 aliphatic rings. The van der Waals surface area contributed by atoms with Crippen LogP contribution in [0.4, 0.5) is 0 Å². The molecule has 0 heterocycles. The molecule has 1 fully saturated rings. The molecule has 0 aromatic heterocycles. The van der Waals surface area contributed by atoms with Crippen LogP contribution < -0.4 is 9.47 Å². The molecule has 1 aliphatic carbocycles. The van der Waals surface area contributed by atoms with Crippen LogP contribution in [-0.4, -0.2) is 25.4 Å². The Morgan fingerprint density at radius 1 is 0.850 bits per heavy atom. The molecule has 1 saturated carbocycles. The average Bonchev–Trinajstić information content (AvgIpc) is 2.96. The van der Waals surface area contributed by atoms with Crippen LogP contribution in [0.3, 0.4) is 0 Å². The number of unbranched alkanes of at least 4 members (excludes halogenated alkanes) is 1. The maximum Gasteiger partial charge on any atom is 0.130 e. The summed E-state index contributed by atoms with van der Waals surface area (Å²) in [6, 6.07) is 13.0. The van der Waals surface area contributed by atoms with Crippen LogP contribution in [0.1, 0.15) is 128 Å². The molecule has 0 radical (unpaired) electrons. The lowest BCUT2D eigenvalue weighted by molar-refractivity contribution is 0.0151. The van der Waals surface area contributed by atoms with Crippen molar-refractivity contribution in [2.75, 3.05) is 13.2 Å². The molecule has 2 atom stereocenters. The number of aryl methyl sites for hydroxylation is 1. The Balaban J connectivity index is 1.68. The van der Waals surface area contributed by atoms with Gasteiger partial charge in [0.25, 0.3) is 0 Å². The Kier molecular flexibility index (Phi) is 13.3. The van der Waals surface area contributed by atoms with E-state index in [1.165, 1.54) is 43.2 Å². The number of ether oxygens (including phenoxy) is 4. The quantitative estimate of drug-likeness (QED) is 0.194. The largest absolute Gasteiger partial charge is 0.490 e. The van der Waals surface area contributed by atoms with Crippen molar-refractivity contribution in [3.05, 3.63) is 58.7 Å². The van der Waals surface area contributed by atoms with E-state index < -0.39 is 0 Å². The molecule has 0 N–H and O–H groups in total. The summed E-state index contributed by atoms with van der Waals surface area (Å²) in [5.74, 6) is 2.27. The Labute approximate surface area is 245 Å². The van der Waals surface area contributed by atoms with Gasteiger partial charge in [-0.05, 0) is 79.3 Å². The van der Waals surface area contributed by atoms with E-state index in [-0.39, 0.29) is 11.5 Å². The molecule has 0 spiro atoms. The van der Waals surface area contributed by atoms with Gasteiger partial charge in [0.15, 0.2) is 0 Å². The fraction of sp³-hybridized carbons (Fsp3) is 0.667. The second-order valence-electron chi connectivity index (χ2n) is 12.8. The highest BCUT2D eigenvalue weighted by Gasteiger charge is 2.22. The second kappa shape index (κ2) is 16.4. The van der Waals surface area contributed by atoms with Crippen LogP contribution in [0.5, 0.6) is 11.5 Å². The first-order chi connectivity index (χ1) is 19.2. The van der Waals surface area contributed by atoms with E-state index in [2.05, 4.69) is 84.9 Å². The SMILES string of the molecule is CCCCC(C)OCc1cc(CC)cc(COC2CCCCC2)c1OCCOc1ccc(C(C)C(C)(C)C)cc1. The van der Waals surface area contributed by atoms with Crippen LogP contribution in [0.2, 0.25) is 0 Å². The predicted molar refractivity (Wildman–Crippen MR) is 167 cm³/mol. The topological polar surface area (TPSA) is 36.9 Å². The molecule has 40 heavy (non-hydrogen) atoms. The van der Waals surface area contributed by atoms with Gasteiger partial charge in [0.2, 0.25) is 0 Å². The molecule has 224 valence electrons. The van der Waals surface area contributed by atoms with Gasteiger partial charge in [-0.15, -0.1) is 0 Å². The van der Waals surface area contributed by atoms with Gasteiger partial charge >= 0.3 is 0 Å². The van der Waals surface area contributed by atoms with Gasteiger partial charge in [-0.25, -0.2) is 0 Å². The molecule has 0 bridgehead atoms. The van der Waals surface area contributed by atoms with Crippen molar-refractivity contribution in [2.24, 2.45) is 5.41 Å². The summed E-state index contributed by atoms with van der Waals surface area (Å²) in [4.78, 5) is 0. The Morgan fingerprint density at radius 2 is 1.50 bits per heavy atom. The van der Waals surface area contributed by atoms with E-state index >= 15 is 0 Å². The van der Waals surface area contributed by atoms with Crippen LogP contribution in [0, 0.1) is 5.41 Å². The highest BCUT2D eigenvalue weighted by atomic mass is 16.5. The first-order valence-electron chi connectivity index (χ1n) is 15.9. The normalized spacial score (nSPS) is 16.1. The zero-order chi connectivity index (χ0) is 29.0. The number of benzene rings is 2. The third-order valence-electron chi connectivity index (χ3n) is 8.50. The summed E-state index contributed by atoms with van der Waals surface area (Å²) >= 11 is 0. The van der Waals surface area contributed by atoms with E-state index in [4.69, 9.17) is 18.9 Å². The standard InChI is InChI=1S/C36H56O4/c1-8-10-14-27(3)39-25-31-23-29(9-2)24-32(26-40-33-15-12-11-13-16-33)35(31)38-22-21-37-34-19-17-30(18-20-34)28(4)36(5,6)7/h17-20,23-24,27-28,33H,8-16,21-22,25-26H2,1-7H3. The summed E-state index contributed by atoms with van der Waals surface area (Å²) in [5.41, 5.74) is 5.12. The van der Waals surface area contributed by atoms with Gasteiger partial charge in [0.05, 0.1) is 25.4 Å². The minimum Gasteiger partial charge on any atom is -0.490 e. The monoisotopic (exact) mass is 552 g/mol. The Hall–Kier alpha value is -2.04. The lowest BCUT2D eigenvalue weighted by Gasteiger charge is -2.27. The summed E-state index contributed by atoms with van der Waals surface area (Å²) in [7, 11) is 0. The van der Waals surface area contributed by atoms with Gasteiger partial charge in [-0.1, -0.05) is 85.8 Å². The summed E-state index contributed by atoms with van der Waals surface area (Å²) < 4.78 is 25.3. The van der Waals surface area contributed by atoms with Crippen molar-refractivity contribution in [3.8, 4) is 11.5 Å². The van der Waals surface area contributed by atoms with E-state index in [0.29, 0.717) is 38.4 Å². The van der Waals surface area contributed by atoms with Crippen molar-refractivity contribution >= 4 is 0 Å². The van der Waals surface area contributed by atoms with E-state index in [1.807, 2.05) is 0 Å². The number of hydrogen-bond donors (Lipinski definition) is 0. The van der Waals surface area contributed by atoms with Crippen LogP contribution in [0.15, 0.2) is 36.4 Å². The molecule has 4 heteroatoms. The van der Waals surface area contributed by atoms with Gasteiger partial charge in [0.1, 0.15) is 24.7 Å². The first-order valence-corrected chi connectivity index (χ1v) is 15.9. The smallest absolute Gasteiger partial charge is 0.130 e. The third kappa shape index (κ3) is 10.4. The molecule has 2 aromatic carbocycles. The van der Waals surface area contributed by atoms with E-state index in [0.717, 1.165) is 48.3 Å². The third-order valence-corrected chi connectivity index (χ3v) is 8.50. The fourth-order valence-corrected chi connectivity index (χ4v) is 5.33. The maximum absolute atomic E-state index is 6.46. The minimum atomic E-state index is 0.229. The molecular formula is C36H56O4. The van der Waals surface area contributed by atoms with Crippen LogP contribution in [-0.2, 0) is 29.1 Å². The minimum absolute atomic E-state index is 0.229. The fourth-order valence-electron chi connectivity index (χ4n) is 5.33. The zero-order valence-corrected chi connectivity index (χ0v) is 26.5. The van der Waals surface area contributed by atoms with Gasteiger partial charge < -0.3 is 18.9 Å². The lowest BCUT2D eigenvalue weighted by Crippen LogP contribution is -2.18. The lowest BCUT2D eigenvalue weighted by atomic mass is 9.78. The predicted octanol–water partition coefficient (Wildman–Crippen LogP) is 9.80. The molecule has 0 aliphatic heterocycles. The van der Waals surface area contributed by atoms with Crippen molar-refractivity contribution in [2.45, 2.75) is 138 Å². The van der Waals surface area contributed by atoms with Gasteiger partial charge in [-0.2, -0.15) is 0 Å². The van der Waals surface area contributed by atoms with Gasteiger partial charge in [0, 0.05) is 11.1 Å². The average molecular weight is 553 g/mol. The molecule has 2 aromatic rings. The highest BCUT2D eigenvalue weighted by molar-refractivity contribution is 5.44. The van der Waals surface area contributed by atoms with Crippen molar-refractivity contribution in [1.82, 2.24) is 0 Å². The van der Waals surface area contributed by atoms with Crippen LogP contribution in [0.25, 0.3) is 0 Å². The Bertz CT molecular complexity index is 985. The van der Waals surface area contributed by atoms with Crippen molar-refractivity contribution < 1.29 is 18.9 Å². The van der Waals surface area contributed by atoms with Crippen LogP contribution >= 0.6 is 0 Å². The molecule has 2 unspecified atom stereocenters. The van der Waals surface area contributed by atoms with Gasteiger partial charge in [-0.3, -0.25) is 0 Å². The van der Waals surface area contributed by atoms with Crippen molar-refractivity contribution in [3.63, 3.8) is 0 Å². The number of rotatable bonds is 16. The molecule has 3 rings (SSSR count). The molecule has 4 nitrogen and oxygen atoms in total. The van der Waals surface area contributed by atoms with E-state index in [9.17, 15) is 0 Å². The second-order valence-corrected chi connectivity index (χ2v) is 12.8. The van der Waals surface area contributed by atoms with E-state index in [1.54, 1.807) is 0 Å². The highest BCUT2D eigenvalue weighted by Crippen LogP contribution is 2.35. The first kappa shape index (κ1) is 32.5. The maximum atomic E-state index is 6.46. The van der Waals surface area contributed by atoms with Crippen molar-refractivity contribution in [1.29, 1.82) is 0 Å².